The van der Waals surface area contributed by atoms with Crippen LogP contribution in [0, 0.1) is 6.92 Å². The molecule has 2 N–H and O–H groups in total. The fourth-order valence-corrected chi connectivity index (χ4v) is 2.73. The van der Waals surface area contributed by atoms with Crippen molar-refractivity contribution in [1.82, 2.24) is 0 Å². The van der Waals surface area contributed by atoms with Crippen molar-refractivity contribution in [2.24, 2.45) is 5.73 Å². The van der Waals surface area contributed by atoms with Crippen molar-refractivity contribution in [2.75, 3.05) is 0 Å². The Balaban J connectivity index is 1.89. The normalized spacial score (nSPS) is 10.5. The lowest BCUT2D eigenvalue weighted by molar-refractivity contribution is 0.301. The molecule has 3 rings (SSSR count). The third-order valence-corrected chi connectivity index (χ3v) is 3.90. The van der Waals surface area contributed by atoms with Gasteiger partial charge in [-0.3, -0.25) is 0 Å². The highest BCUT2D eigenvalue weighted by atomic mass is 16.5. The Morgan fingerprint density at radius 2 is 1.48 bits per heavy atom. The zero-order valence-electron chi connectivity index (χ0n) is 13.3. The summed E-state index contributed by atoms with van der Waals surface area (Å²) in [7, 11) is 0. The number of aryl methyl sites for hydroxylation is 1. The molecule has 2 heteroatoms. The van der Waals surface area contributed by atoms with E-state index in [9.17, 15) is 0 Å². The Bertz CT molecular complexity index is 767. The molecule has 0 aliphatic rings. The van der Waals surface area contributed by atoms with E-state index in [2.05, 4.69) is 43.3 Å². The predicted octanol–water partition coefficient (Wildman–Crippen LogP) is 4.70. The Morgan fingerprint density at radius 3 is 2.13 bits per heavy atom. The van der Waals surface area contributed by atoms with Crippen LogP contribution in [-0.4, -0.2) is 0 Å². The lowest BCUT2D eigenvalue weighted by Crippen LogP contribution is -2.05. The van der Waals surface area contributed by atoms with E-state index in [0.717, 1.165) is 22.4 Å². The van der Waals surface area contributed by atoms with Crippen molar-refractivity contribution >= 4 is 0 Å². The zero-order chi connectivity index (χ0) is 16.1. The SMILES string of the molecule is Cc1cc(-c2ccccc2)cc(CN)c1OCc1ccccc1. The molecule has 0 fully saturated rings. The van der Waals surface area contributed by atoms with Gasteiger partial charge in [0.15, 0.2) is 0 Å². The predicted molar refractivity (Wildman–Crippen MR) is 95.3 cm³/mol. The summed E-state index contributed by atoms with van der Waals surface area (Å²) < 4.78 is 6.06. The van der Waals surface area contributed by atoms with E-state index in [-0.39, 0.29) is 0 Å². The van der Waals surface area contributed by atoms with Gasteiger partial charge in [0.2, 0.25) is 0 Å². The largest absolute Gasteiger partial charge is 0.488 e. The second-order valence-electron chi connectivity index (χ2n) is 5.63. The molecule has 116 valence electrons. The summed E-state index contributed by atoms with van der Waals surface area (Å²) in [5.41, 5.74) is 11.6. The minimum Gasteiger partial charge on any atom is -0.488 e. The molecule has 0 aromatic heterocycles. The van der Waals surface area contributed by atoms with E-state index in [4.69, 9.17) is 10.5 Å². The molecular weight excluding hydrogens is 282 g/mol. The van der Waals surface area contributed by atoms with Crippen molar-refractivity contribution in [3.05, 3.63) is 89.5 Å². The van der Waals surface area contributed by atoms with Crippen molar-refractivity contribution < 1.29 is 4.74 Å². The van der Waals surface area contributed by atoms with Crippen LogP contribution in [-0.2, 0) is 13.2 Å². The molecular formula is C21H21NO. The van der Waals surface area contributed by atoms with E-state index < -0.39 is 0 Å². The second-order valence-corrected chi connectivity index (χ2v) is 5.63. The van der Waals surface area contributed by atoms with Gasteiger partial charge in [0, 0.05) is 12.1 Å². The van der Waals surface area contributed by atoms with Gasteiger partial charge in [0.25, 0.3) is 0 Å². The first kappa shape index (κ1) is 15.3. The molecule has 0 spiro atoms. The second kappa shape index (κ2) is 7.12. The van der Waals surface area contributed by atoms with Crippen molar-refractivity contribution in [3.8, 4) is 16.9 Å². The van der Waals surface area contributed by atoms with E-state index in [1.807, 2.05) is 36.4 Å². The van der Waals surface area contributed by atoms with Gasteiger partial charge in [-0.1, -0.05) is 60.7 Å². The Labute approximate surface area is 137 Å². The van der Waals surface area contributed by atoms with Gasteiger partial charge in [-0.2, -0.15) is 0 Å². The number of rotatable bonds is 5. The van der Waals surface area contributed by atoms with Gasteiger partial charge in [-0.25, -0.2) is 0 Å². The van der Waals surface area contributed by atoms with Crippen LogP contribution in [0.4, 0.5) is 0 Å². The van der Waals surface area contributed by atoms with Crippen molar-refractivity contribution in [2.45, 2.75) is 20.1 Å². The molecule has 3 aromatic rings. The summed E-state index contributed by atoms with van der Waals surface area (Å²) in [5.74, 6) is 0.899. The molecule has 0 amide bonds. The zero-order valence-corrected chi connectivity index (χ0v) is 13.3. The first-order chi connectivity index (χ1) is 11.3. The fourth-order valence-electron chi connectivity index (χ4n) is 2.73. The molecule has 3 aromatic carbocycles. The van der Waals surface area contributed by atoms with Crippen LogP contribution in [0.15, 0.2) is 72.8 Å². The Hall–Kier alpha value is -2.58. The number of ether oxygens (including phenoxy) is 1. The third kappa shape index (κ3) is 3.61. The highest BCUT2D eigenvalue weighted by Crippen LogP contribution is 2.31. The molecule has 0 saturated heterocycles. The quantitative estimate of drug-likeness (QED) is 0.741. The standard InChI is InChI=1S/C21H21NO/c1-16-12-19(18-10-6-3-7-11-18)13-20(14-22)21(16)23-15-17-8-4-2-5-9-17/h2-13H,14-15,22H2,1H3. The van der Waals surface area contributed by atoms with E-state index in [1.165, 1.54) is 11.1 Å². The molecule has 0 radical (unpaired) electrons. The maximum Gasteiger partial charge on any atom is 0.127 e. The van der Waals surface area contributed by atoms with Gasteiger partial charge >= 0.3 is 0 Å². The number of hydrogen-bond acceptors (Lipinski definition) is 2. The number of hydrogen-bond donors (Lipinski definition) is 1. The molecule has 0 unspecified atom stereocenters. The monoisotopic (exact) mass is 303 g/mol. The topological polar surface area (TPSA) is 35.2 Å². The maximum absolute atomic E-state index is 6.06. The molecule has 0 aliphatic carbocycles. The average molecular weight is 303 g/mol. The first-order valence-corrected chi connectivity index (χ1v) is 7.83. The summed E-state index contributed by atoms with van der Waals surface area (Å²) >= 11 is 0. The molecule has 0 atom stereocenters. The van der Waals surface area contributed by atoms with Crippen LogP contribution in [0.5, 0.6) is 5.75 Å². The molecule has 0 bridgehead atoms. The smallest absolute Gasteiger partial charge is 0.127 e. The summed E-state index contributed by atoms with van der Waals surface area (Å²) in [4.78, 5) is 0. The summed E-state index contributed by atoms with van der Waals surface area (Å²) in [6, 6.07) is 24.8. The highest BCUT2D eigenvalue weighted by molar-refractivity contribution is 5.67. The van der Waals surface area contributed by atoms with Crippen LogP contribution >= 0.6 is 0 Å². The van der Waals surface area contributed by atoms with Crippen molar-refractivity contribution in [1.29, 1.82) is 0 Å². The Morgan fingerprint density at radius 1 is 0.826 bits per heavy atom. The third-order valence-electron chi connectivity index (χ3n) is 3.90. The average Bonchev–Trinajstić information content (AvgIpc) is 2.61. The van der Waals surface area contributed by atoms with Crippen molar-refractivity contribution in [3.63, 3.8) is 0 Å². The van der Waals surface area contributed by atoms with Crippen LogP contribution in [0.3, 0.4) is 0 Å². The van der Waals surface area contributed by atoms with Crippen LogP contribution in [0.1, 0.15) is 16.7 Å². The van der Waals surface area contributed by atoms with Crippen LogP contribution < -0.4 is 10.5 Å². The van der Waals surface area contributed by atoms with Gasteiger partial charge < -0.3 is 10.5 Å². The molecule has 23 heavy (non-hydrogen) atoms. The van der Waals surface area contributed by atoms with Gasteiger partial charge in [-0.05, 0) is 41.3 Å². The minimum absolute atomic E-state index is 0.464. The molecule has 0 heterocycles. The summed E-state index contributed by atoms with van der Waals surface area (Å²) in [6.07, 6.45) is 0. The van der Waals surface area contributed by atoms with E-state index in [1.54, 1.807) is 0 Å². The number of nitrogens with two attached hydrogens (primary N) is 1. The lowest BCUT2D eigenvalue weighted by Gasteiger charge is -2.16. The fraction of sp³-hybridized carbons (Fsp3) is 0.143. The molecule has 0 aliphatic heterocycles. The van der Waals surface area contributed by atoms with Crippen LogP contribution in [0.25, 0.3) is 11.1 Å². The maximum atomic E-state index is 6.06. The summed E-state index contributed by atoms with van der Waals surface area (Å²) in [6.45, 7) is 3.09. The van der Waals surface area contributed by atoms with Gasteiger partial charge in [-0.15, -0.1) is 0 Å². The highest BCUT2D eigenvalue weighted by Gasteiger charge is 2.10. The van der Waals surface area contributed by atoms with E-state index in [0.29, 0.717) is 13.2 Å². The minimum atomic E-state index is 0.464. The lowest BCUT2D eigenvalue weighted by atomic mass is 9.99. The summed E-state index contributed by atoms with van der Waals surface area (Å²) in [5, 5.41) is 0. The Kier molecular flexibility index (Phi) is 4.74. The first-order valence-electron chi connectivity index (χ1n) is 7.83. The van der Waals surface area contributed by atoms with E-state index >= 15 is 0 Å². The van der Waals surface area contributed by atoms with Gasteiger partial charge in [0.05, 0.1) is 0 Å². The number of benzene rings is 3. The van der Waals surface area contributed by atoms with Crippen LogP contribution in [0.2, 0.25) is 0 Å². The van der Waals surface area contributed by atoms with Gasteiger partial charge in [0.1, 0.15) is 12.4 Å². The molecule has 0 saturated carbocycles. The molecule has 2 nitrogen and oxygen atoms in total.